The maximum absolute atomic E-state index is 6.20. The van der Waals surface area contributed by atoms with Gasteiger partial charge >= 0.3 is 0 Å². The fourth-order valence-electron chi connectivity index (χ4n) is 1.87. The highest BCUT2D eigenvalue weighted by Gasteiger charge is 2.08. The molecule has 0 aliphatic rings. The Morgan fingerprint density at radius 1 is 1.06 bits per heavy atom. The van der Waals surface area contributed by atoms with Gasteiger partial charge in [-0.15, -0.1) is 0 Å². The summed E-state index contributed by atoms with van der Waals surface area (Å²) in [5.74, 6) is 0. The molecule has 1 atom stereocenters. The first kappa shape index (κ1) is 13.4. The number of rotatable bonds is 3. The minimum absolute atomic E-state index is 0.0916. The molecule has 0 saturated heterocycles. The topological polar surface area (TPSA) is 26.0 Å². The van der Waals surface area contributed by atoms with Gasteiger partial charge in [-0.2, -0.15) is 0 Å². The van der Waals surface area contributed by atoms with Crippen LogP contribution >= 0.6 is 23.2 Å². The van der Waals surface area contributed by atoms with Gasteiger partial charge in [-0.25, -0.2) is 0 Å². The second kappa shape index (κ2) is 5.75. The molecule has 0 fully saturated rings. The van der Waals surface area contributed by atoms with Gasteiger partial charge in [0.05, 0.1) is 10.0 Å². The second-order valence-electron chi connectivity index (χ2n) is 4.24. The third-order valence-electron chi connectivity index (χ3n) is 3.04. The van der Waals surface area contributed by atoms with Gasteiger partial charge in [0.15, 0.2) is 0 Å². The van der Waals surface area contributed by atoms with Gasteiger partial charge in [-0.1, -0.05) is 66.5 Å². The Kier molecular flexibility index (Phi) is 4.28. The highest BCUT2D eigenvalue weighted by Crippen LogP contribution is 2.33. The zero-order valence-electron chi connectivity index (χ0n) is 10.2. The summed E-state index contributed by atoms with van der Waals surface area (Å²) < 4.78 is 0. The van der Waals surface area contributed by atoms with E-state index in [0.29, 0.717) is 10.0 Å². The van der Waals surface area contributed by atoms with Gasteiger partial charge in [0.25, 0.3) is 0 Å². The molecule has 0 bridgehead atoms. The molecule has 0 amide bonds. The normalized spacial score (nSPS) is 12.4. The summed E-state index contributed by atoms with van der Waals surface area (Å²) in [6, 6.07) is 13.9. The van der Waals surface area contributed by atoms with E-state index >= 15 is 0 Å². The molecule has 94 valence electrons. The average Bonchev–Trinajstić information content (AvgIpc) is 2.41. The van der Waals surface area contributed by atoms with E-state index in [-0.39, 0.29) is 6.04 Å². The highest BCUT2D eigenvalue weighted by atomic mass is 35.5. The lowest BCUT2D eigenvalue weighted by atomic mass is 10.00. The smallest absolute Gasteiger partial charge is 0.0670 e. The molecule has 2 aromatic rings. The molecule has 0 saturated carbocycles. The van der Waals surface area contributed by atoms with Gasteiger partial charge in [-0.3, -0.25) is 0 Å². The van der Waals surface area contributed by atoms with Crippen LogP contribution in [0.1, 0.15) is 24.9 Å². The molecule has 3 heteroatoms. The number of benzene rings is 2. The maximum Gasteiger partial charge on any atom is 0.0670 e. The number of nitrogens with two attached hydrogens (primary N) is 1. The Labute approximate surface area is 118 Å². The molecule has 0 heterocycles. The molecule has 0 aromatic heterocycles. The van der Waals surface area contributed by atoms with Gasteiger partial charge < -0.3 is 5.73 Å². The van der Waals surface area contributed by atoms with Crippen LogP contribution in [-0.2, 0) is 0 Å². The van der Waals surface area contributed by atoms with E-state index in [1.54, 1.807) is 6.07 Å². The van der Waals surface area contributed by atoms with Gasteiger partial charge in [-0.05, 0) is 23.6 Å². The Morgan fingerprint density at radius 2 is 1.72 bits per heavy atom. The molecule has 2 rings (SSSR count). The average molecular weight is 280 g/mol. The van der Waals surface area contributed by atoms with Crippen LogP contribution in [0.15, 0.2) is 42.5 Å². The fraction of sp³-hybridized carbons (Fsp3) is 0.200. The van der Waals surface area contributed by atoms with E-state index < -0.39 is 0 Å². The third kappa shape index (κ3) is 2.69. The van der Waals surface area contributed by atoms with Crippen molar-refractivity contribution in [2.45, 2.75) is 19.4 Å². The van der Waals surface area contributed by atoms with Gasteiger partial charge in [0.1, 0.15) is 0 Å². The Balaban J connectivity index is 2.37. The van der Waals surface area contributed by atoms with Crippen molar-refractivity contribution in [1.29, 1.82) is 0 Å². The van der Waals surface area contributed by atoms with Crippen LogP contribution in [0.25, 0.3) is 11.1 Å². The van der Waals surface area contributed by atoms with Crippen molar-refractivity contribution in [3.8, 4) is 11.1 Å². The first-order valence-electron chi connectivity index (χ1n) is 5.93. The van der Waals surface area contributed by atoms with Crippen molar-refractivity contribution >= 4 is 23.2 Å². The summed E-state index contributed by atoms with van der Waals surface area (Å²) in [6.45, 7) is 2.08. The number of halogens is 2. The van der Waals surface area contributed by atoms with E-state index in [0.717, 1.165) is 23.1 Å². The fourth-order valence-corrected chi connectivity index (χ4v) is 2.28. The molecule has 18 heavy (non-hydrogen) atoms. The first-order valence-corrected chi connectivity index (χ1v) is 6.69. The lowest BCUT2D eigenvalue weighted by molar-refractivity contribution is 0.699. The molecular weight excluding hydrogens is 265 g/mol. The molecule has 0 spiro atoms. The molecule has 1 unspecified atom stereocenters. The number of hydrogen-bond acceptors (Lipinski definition) is 1. The Morgan fingerprint density at radius 3 is 2.33 bits per heavy atom. The third-order valence-corrected chi connectivity index (χ3v) is 3.86. The van der Waals surface area contributed by atoms with E-state index in [9.17, 15) is 0 Å². The van der Waals surface area contributed by atoms with Gasteiger partial charge in [0, 0.05) is 11.6 Å². The molecule has 0 aliphatic carbocycles. The summed E-state index contributed by atoms with van der Waals surface area (Å²) in [7, 11) is 0. The molecule has 2 aromatic carbocycles. The van der Waals surface area contributed by atoms with Crippen LogP contribution in [0.5, 0.6) is 0 Å². The summed E-state index contributed by atoms with van der Waals surface area (Å²) >= 11 is 12.2. The lowest BCUT2D eigenvalue weighted by Crippen LogP contribution is -2.08. The predicted octanol–water partition coefficient (Wildman–Crippen LogP) is 5.07. The van der Waals surface area contributed by atoms with Crippen LogP contribution in [0.2, 0.25) is 10.0 Å². The Hall–Kier alpha value is -1.02. The van der Waals surface area contributed by atoms with Gasteiger partial charge in [0.2, 0.25) is 0 Å². The number of hydrogen-bond donors (Lipinski definition) is 1. The van der Waals surface area contributed by atoms with Crippen molar-refractivity contribution in [2.24, 2.45) is 5.73 Å². The molecule has 2 N–H and O–H groups in total. The largest absolute Gasteiger partial charge is 0.324 e. The van der Waals surface area contributed by atoms with Crippen molar-refractivity contribution < 1.29 is 0 Å². The van der Waals surface area contributed by atoms with Crippen molar-refractivity contribution in [1.82, 2.24) is 0 Å². The van der Waals surface area contributed by atoms with Crippen LogP contribution in [0, 0.1) is 0 Å². The summed E-state index contributed by atoms with van der Waals surface area (Å²) in [4.78, 5) is 0. The highest BCUT2D eigenvalue weighted by molar-refractivity contribution is 6.43. The first-order chi connectivity index (χ1) is 8.63. The van der Waals surface area contributed by atoms with E-state index in [1.807, 2.05) is 36.4 Å². The molecule has 0 radical (unpaired) electrons. The van der Waals surface area contributed by atoms with Crippen LogP contribution in [0.4, 0.5) is 0 Å². The molecule has 0 aliphatic heterocycles. The monoisotopic (exact) mass is 279 g/mol. The Bertz CT molecular complexity index is 535. The van der Waals surface area contributed by atoms with Crippen LogP contribution in [-0.4, -0.2) is 0 Å². The predicted molar refractivity (Wildman–Crippen MR) is 79.1 cm³/mol. The van der Waals surface area contributed by atoms with Crippen molar-refractivity contribution in [3.05, 3.63) is 58.1 Å². The zero-order valence-corrected chi connectivity index (χ0v) is 11.7. The lowest BCUT2D eigenvalue weighted by Gasteiger charge is -2.11. The maximum atomic E-state index is 6.20. The molecular formula is C15H15Cl2N. The van der Waals surface area contributed by atoms with Crippen LogP contribution in [0.3, 0.4) is 0 Å². The quantitative estimate of drug-likeness (QED) is 0.834. The zero-order chi connectivity index (χ0) is 13.1. The summed E-state index contributed by atoms with van der Waals surface area (Å²) in [5, 5.41) is 1.16. The minimum atomic E-state index is 0.0916. The van der Waals surface area contributed by atoms with E-state index in [1.165, 1.54) is 0 Å². The summed E-state index contributed by atoms with van der Waals surface area (Å²) in [6.07, 6.45) is 0.928. The standard InChI is InChI=1S/C15H15Cl2N/c1-2-14(18)11-8-6-10(7-9-11)12-4-3-5-13(16)15(12)17/h3-9,14H,2,18H2,1H3. The minimum Gasteiger partial charge on any atom is -0.324 e. The second-order valence-corrected chi connectivity index (χ2v) is 5.02. The van der Waals surface area contributed by atoms with Crippen molar-refractivity contribution in [3.63, 3.8) is 0 Å². The van der Waals surface area contributed by atoms with Crippen LogP contribution < -0.4 is 5.73 Å². The molecule has 1 nitrogen and oxygen atoms in total. The van der Waals surface area contributed by atoms with E-state index in [2.05, 4.69) is 6.92 Å². The SMILES string of the molecule is CCC(N)c1ccc(-c2cccc(Cl)c2Cl)cc1. The van der Waals surface area contributed by atoms with E-state index in [4.69, 9.17) is 28.9 Å². The van der Waals surface area contributed by atoms with Crippen molar-refractivity contribution in [2.75, 3.05) is 0 Å². The summed E-state index contributed by atoms with van der Waals surface area (Å²) in [5.41, 5.74) is 9.12.